The molecule has 0 amide bonds. The highest BCUT2D eigenvalue weighted by molar-refractivity contribution is 4.73. The van der Waals surface area contributed by atoms with E-state index in [0.29, 0.717) is 6.04 Å². The van der Waals surface area contributed by atoms with Crippen LogP contribution in [0.1, 0.15) is 52.9 Å². The molecule has 0 aromatic rings. The molecule has 0 unspecified atom stereocenters. The van der Waals surface area contributed by atoms with E-state index in [-0.39, 0.29) is 0 Å². The van der Waals surface area contributed by atoms with Gasteiger partial charge in [0.2, 0.25) is 0 Å². The Morgan fingerprint density at radius 3 is 2.50 bits per heavy atom. The van der Waals surface area contributed by atoms with Gasteiger partial charge in [-0.3, -0.25) is 0 Å². The first-order chi connectivity index (χ1) is 7.72. The standard InChI is InChI=1S/C14H30N2/c1-4-16(12-14-8-7-9-14)11-6-5-10-15-13(2)3/h13-15H,4-12H2,1-3H3. The molecule has 0 aromatic heterocycles. The maximum atomic E-state index is 3.48. The van der Waals surface area contributed by atoms with Gasteiger partial charge in [-0.25, -0.2) is 0 Å². The molecule has 1 rings (SSSR count). The lowest BCUT2D eigenvalue weighted by Gasteiger charge is -2.31. The van der Waals surface area contributed by atoms with Crippen molar-refractivity contribution in [2.24, 2.45) is 5.92 Å². The molecule has 1 aliphatic carbocycles. The van der Waals surface area contributed by atoms with Gasteiger partial charge in [0, 0.05) is 12.6 Å². The Kier molecular flexibility index (Phi) is 7.06. The van der Waals surface area contributed by atoms with Gasteiger partial charge in [-0.1, -0.05) is 27.2 Å². The third-order valence-electron chi connectivity index (χ3n) is 3.64. The van der Waals surface area contributed by atoms with E-state index in [0.717, 1.165) is 5.92 Å². The fourth-order valence-corrected chi connectivity index (χ4v) is 2.27. The Morgan fingerprint density at radius 1 is 1.25 bits per heavy atom. The summed E-state index contributed by atoms with van der Waals surface area (Å²) >= 11 is 0. The lowest BCUT2D eigenvalue weighted by Crippen LogP contribution is -2.33. The van der Waals surface area contributed by atoms with E-state index in [1.165, 1.54) is 58.3 Å². The molecule has 0 spiro atoms. The quantitative estimate of drug-likeness (QED) is 0.608. The van der Waals surface area contributed by atoms with Crippen molar-refractivity contribution in [3.63, 3.8) is 0 Å². The molecule has 0 radical (unpaired) electrons. The van der Waals surface area contributed by atoms with Gasteiger partial charge in [-0.05, 0) is 51.2 Å². The van der Waals surface area contributed by atoms with Crippen molar-refractivity contribution in [1.29, 1.82) is 0 Å². The lowest BCUT2D eigenvalue weighted by molar-refractivity contribution is 0.181. The molecule has 1 N–H and O–H groups in total. The van der Waals surface area contributed by atoms with E-state index in [4.69, 9.17) is 0 Å². The first-order valence-electron chi connectivity index (χ1n) is 7.18. The number of nitrogens with zero attached hydrogens (tertiary/aromatic N) is 1. The molecule has 0 saturated heterocycles. The van der Waals surface area contributed by atoms with Crippen molar-refractivity contribution < 1.29 is 0 Å². The van der Waals surface area contributed by atoms with Crippen molar-refractivity contribution in [3.05, 3.63) is 0 Å². The summed E-state index contributed by atoms with van der Waals surface area (Å²) in [5, 5.41) is 3.48. The maximum Gasteiger partial charge on any atom is 0.00103 e. The molecule has 0 atom stereocenters. The van der Waals surface area contributed by atoms with E-state index in [9.17, 15) is 0 Å². The summed E-state index contributed by atoms with van der Waals surface area (Å²) < 4.78 is 0. The zero-order valence-corrected chi connectivity index (χ0v) is 11.5. The van der Waals surface area contributed by atoms with Crippen LogP contribution in [0.3, 0.4) is 0 Å². The second-order valence-corrected chi connectivity index (χ2v) is 5.51. The van der Waals surface area contributed by atoms with Crippen LogP contribution in [0.5, 0.6) is 0 Å². The molecule has 1 saturated carbocycles. The normalized spacial score (nSPS) is 17.1. The number of rotatable bonds is 9. The zero-order valence-electron chi connectivity index (χ0n) is 11.5. The Labute approximate surface area is 102 Å². The minimum Gasteiger partial charge on any atom is -0.315 e. The number of nitrogens with one attached hydrogen (secondary N) is 1. The van der Waals surface area contributed by atoms with E-state index >= 15 is 0 Å². The molecule has 0 bridgehead atoms. The largest absolute Gasteiger partial charge is 0.315 e. The fourth-order valence-electron chi connectivity index (χ4n) is 2.27. The molecule has 1 aliphatic rings. The van der Waals surface area contributed by atoms with Crippen molar-refractivity contribution in [1.82, 2.24) is 10.2 Å². The summed E-state index contributed by atoms with van der Waals surface area (Å²) in [7, 11) is 0. The Balaban J connectivity index is 1.95. The van der Waals surface area contributed by atoms with Crippen molar-refractivity contribution >= 4 is 0 Å². The average Bonchev–Trinajstić information content (AvgIpc) is 2.19. The van der Waals surface area contributed by atoms with Gasteiger partial charge in [0.05, 0.1) is 0 Å². The Morgan fingerprint density at radius 2 is 2.00 bits per heavy atom. The fraction of sp³-hybridized carbons (Fsp3) is 1.00. The van der Waals surface area contributed by atoms with Crippen molar-refractivity contribution in [3.8, 4) is 0 Å². The van der Waals surface area contributed by atoms with E-state index < -0.39 is 0 Å². The molecule has 1 fully saturated rings. The Hall–Kier alpha value is -0.0800. The van der Waals surface area contributed by atoms with E-state index in [2.05, 4.69) is 31.0 Å². The van der Waals surface area contributed by atoms with Gasteiger partial charge in [-0.2, -0.15) is 0 Å². The van der Waals surface area contributed by atoms with Crippen LogP contribution in [-0.4, -0.2) is 37.1 Å². The van der Waals surface area contributed by atoms with Crippen molar-refractivity contribution in [2.75, 3.05) is 26.2 Å². The summed E-state index contributed by atoms with van der Waals surface area (Å²) in [6, 6.07) is 0.636. The predicted octanol–water partition coefficient (Wildman–Crippen LogP) is 2.89. The monoisotopic (exact) mass is 226 g/mol. The van der Waals surface area contributed by atoms with Crippen LogP contribution < -0.4 is 5.32 Å². The van der Waals surface area contributed by atoms with Crippen LogP contribution >= 0.6 is 0 Å². The first-order valence-corrected chi connectivity index (χ1v) is 7.18. The smallest absolute Gasteiger partial charge is 0.00103 e. The number of hydrogen-bond acceptors (Lipinski definition) is 2. The molecule has 0 aliphatic heterocycles. The van der Waals surface area contributed by atoms with E-state index in [1.54, 1.807) is 0 Å². The average molecular weight is 226 g/mol. The predicted molar refractivity (Wildman–Crippen MR) is 71.8 cm³/mol. The summed E-state index contributed by atoms with van der Waals surface area (Å²) in [5.74, 6) is 1.02. The van der Waals surface area contributed by atoms with Gasteiger partial charge in [-0.15, -0.1) is 0 Å². The summed E-state index contributed by atoms with van der Waals surface area (Å²) in [4.78, 5) is 2.64. The van der Waals surface area contributed by atoms with Crippen LogP contribution in [0.2, 0.25) is 0 Å². The second kappa shape index (κ2) is 8.08. The van der Waals surface area contributed by atoms with Crippen LogP contribution in [0.4, 0.5) is 0 Å². The minimum atomic E-state index is 0.636. The minimum absolute atomic E-state index is 0.636. The lowest BCUT2D eigenvalue weighted by atomic mass is 9.85. The summed E-state index contributed by atoms with van der Waals surface area (Å²) in [6.07, 6.45) is 7.09. The van der Waals surface area contributed by atoms with Crippen LogP contribution in [-0.2, 0) is 0 Å². The molecular formula is C14H30N2. The molecule has 2 nitrogen and oxygen atoms in total. The SMILES string of the molecule is CCN(CCCCNC(C)C)CC1CCC1. The highest BCUT2D eigenvalue weighted by Crippen LogP contribution is 2.26. The van der Waals surface area contributed by atoms with Gasteiger partial charge >= 0.3 is 0 Å². The Bertz CT molecular complexity index is 164. The number of hydrogen-bond donors (Lipinski definition) is 1. The summed E-state index contributed by atoms with van der Waals surface area (Å²) in [6.45, 7) is 11.8. The van der Waals surface area contributed by atoms with Gasteiger partial charge in [0.15, 0.2) is 0 Å². The van der Waals surface area contributed by atoms with Crippen molar-refractivity contribution in [2.45, 2.75) is 58.9 Å². The first kappa shape index (κ1) is 14.0. The third kappa shape index (κ3) is 5.86. The summed E-state index contributed by atoms with van der Waals surface area (Å²) in [5.41, 5.74) is 0. The second-order valence-electron chi connectivity index (χ2n) is 5.51. The molecule has 96 valence electrons. The zero-order chi connectivity index (χ0) is 11.8. The molecular weight excluding hydrogens is 196 g/mol. The topological polar surface area (TPSA) is 15.3 Å². The molecule has 16 heavy (non-hydrogen) atoms. The van der Waals surface area contributed by atoms with Crippen LogP contribution in [0.25, 0.3) is 0 Å². The van der Waals surface area contributed by atoms with Crippen LogP contribution in [0.15, 0.2) is 0 Å². The molecule has 2 heteroatoms. The van der Waals surface area contributed by atoms with Gasteiger partial charge in [0.25, 0.3) is 0 Å². The molecule has 0 aromatic carbocycles. The van der Waals surface area contributed by atoms with Gasteiger partial charge < -0.3 is 10.2 Å². The maximum absolute atomic E-state index is 3.48. The number of unbranched alkanes of at least 4 members (excludes halogenated alkanes) is 1. The molecule has 0 heterocycles. The van der Waals surface area contributed by atoms with Gasteiger partial charge in [0.1, 0.15) is 0 Å². The highest BCUT2D eigenvalue weighted by atomic mass is 15.1. The third-order valence-corrected chi connectivity index (χ3v) is 3.64. The van der Waals surface area contributed by atoms with E-state index in [1.807, 2.05) is 0 Å². The highest BCUT2D eigenvalue weighted by Gasteiger charge is 2.19. The van der Waals surface area contributed by atoms with Crippen LogP contribution in [0, 0.1) is 5.92 Å².